The van der Waals surface area contributed by atoms with Crippen molar-refractivity contribution in [3.05, 3.63) is 59.1 Å². The highest BCUT2D eigenvalue weighted by Gasteiger charge is 2.35. The van der Waals surface area contributed by atoms with Crippen molar-refractivity contribution >= 4 is 11.5 Å². The van der Waals surface area contributed by atoms with E-state index in [0.29, 0.717) is 47.4 Å². The van der Waals surface area contributed by atoms with Crippen LogP contribution in [0.5, 0.6) is 5.75 Å². The minimum atomic E-state index is -0.420. The molecule has 1 unspecified atom stereocenters. The van der Waals surface area contributed by atoms with Gasteiger partial charge in [0.05, 0.1) is 18.7 Å². The van der Waals surface area contributed by atoms with Gasteiger partial charge in [0.1, 0.15) is 17.7 Å². The number of nitrogens with one attached hydrogen (secondary N) is 1. The summed E-state index contributed by atoms with van der Waals surface area (Å²) in [5, 5.41) is 3.57. The zero-order valence-electron chi connectivity index (χ0n) is 19.1. The molecule has 2 saturated heterocycles. The average molecular weight is 452 g/mol. The zero-order valence-corrected chi connectivity index (χ0v) is 19.1. The van der Waals surface area contributed by atoms with Crippen LogP contribution in [0.15, 0.2) is 36.3 Å². The number of fused-ring (bicyclic) bond motifs is 2. The molecule has 2 bridgehead atoms. The first-order chi connectivity index (χ1) is 15.9. The molecular formula is C25H30FN5O2. The number of ether oxygens (including phenoxy) is 1. The molecular weight excluding hydrogens is 421 g/mol. The molecule has 2 aromatic rings. The van der Waals surface area contributed by atoms with Crippen LogP contribution in [0.2, 0.25) is 0 Å². The maximum atomic E-state index is 14.1. The van der Waals surface area contributed by atoms with E-state index in [0.717, 1.165) is 36.8 Å². The molecule has 1 aromatic carbocycles. The monoisotopic (exact) mass is 451 g/mol. The van der Waals surface area contributed by atoms with E-state index in [1.807, 2.05) is 0 Å². The SMILES string of the molecule is CC(C)c1cnc(C2=C(N)CN(C(=O)c3ccc(F)cc3OC3C[C@H]4CC[C@@H](C3)N4)C2)nc1. The molecule has 4 heterocycles. The standard InChI is InChI=1S/C25H30FN5O2/c1-14(2)15-10-28-24(29-11-15)21-12-31(13-22(21)27)25(32)20-6-3-16(26)7-23(20)33-19-8-17-4-5-18(9-19)30-17/h3,6-7,10-11,14,17-19,30H,4-5,8-9,12-13,27H2,1-2H3/t17-,18+,19?. The van der Waals surface area contributed by atoms with Gasteiger partial charge >= 0.3 is 0 Å². The number of benzene rings is 1. The van der Waals surface area contributed by atoms with E-state index in [2.05, 4.69) is 29.1 Å². The second kappa shape index (κ2) is 8.74. The van der Waals surface area contributed by atoms with Crippen molar-refractivity contribution in [2.45, 2.75) is 63.6 Å². The summed E-state index contributed by atoms with van der Waals surface area (Å²) in [5.74, 6) is 0.512. The molecule has 174 valence electrons. The summed E-state index contributed by atoms with van der Waals surface area (Å²) >= 11 is 0. The highest BCUT2D eigenvalue weighted by atomic mass is 19.1. The number of carbonyl (C=O) groups is 1. The number of hydrogen-bond acceptors (Lipinski definition) is 6. The van der Waals surface area contributed by atoms with Gasteiger partial charge < -0.3 is 20.7 Å². The van der Waals surface area contributed by atoms with Crippen LogP contribution >= 0.6 is 0 Å². The van der Waals surface area contributed by atoms with Gasteiger partial charge in [-0.05, 0) is 49.3 Å². The molecule has 3 atom stereocenters. The predicted molar refractivity (Wildman–Crippen MR) is 123 cm³/mol. The maximum absolute atomic E-state index is 14.1. The second-order valence-corrected chi connectivity index (χ2v) is 9.65. The van der Waals surface area contributed by atoms with Gasteiger partial charge in [-0.1, -0.05) is 13.8 Å². The molecule has 1 aromatic heterocycles. The lowest BCUT2D eigenvalue weighted by molar-refractivity contribution is 0.0785. The molecule has 0 spiro atoms. The summed E-state index contributed by atoms with van der Waals surface area (Å²) in [6, 6.07) is 5.00. The minimum absolute atomic E-state index is 0.0256. The van der Waals surface area contributed by atoms with E-state index in [1.165, 1.54) is 18.2 Å². The van der Waals surface area contributed by atoms with Crippen molar-refractivity contribution in [2.24, 2.45) is 5.73 Å². The number of nitrogens with zero attached hydrogens (tertiary/aromatic N) is 3. The number of nitrogens with two attached hydrogens (primary N) is 1. The van der Waals surface area contributed by atoms with Gasteiger partial charge in [0, 0.05) is 41.8 Å². The largest absolute Gasteiger partial charge is 0.489 e. The molecule has 1 amide bonds. The third kappa shape index (κ3) is 4.44. The number of amides is 1. The molecule has 5 rings (SSSR count). The first-order valence-electron chi connectivity index (χ1n) is 11.7. The summed E-state index contributed by atoms with van der Waals surface area (Å²) in [4.78, 5) is 24.0. The Balaban J connectivity index is 1.32. The predicted octanol–water partition coefficient (Wildman–Crippen LogP) is 3.23. The smallest absolute Gasteiger partial charge is 0.258 e. The quantitative estimate of drug-likeness (QED) is 0.725. The number of rotatable bonds is 5. The van der Waals surface area contributed by atoms with Gasteiger partial charge in [0.25, 0.3) is 5.91 Å². The first kappa shape index (κ1) is 21.8. The molecule has 3 aliphatic heterocycles. The fourth-order valence-electron chi connectivity index (χ4n) is 5.02. The topological polar surface area (TPSA) is 93.4 Å². The lowest BCUT2D eigenvalue weighted by Gasteiger charge is -2.30. The lowest BCUT2D eigenvalue weighted by atomic mass is 10.0. The van der Waals surface area contributed by atoms with Gasteiger partial charge in [-0.15, -0.1) is 0 Å². The van der Waals surface area contributed by atoms with E-state index in [-0.39, 0.29) is 18.6 Å². The Bertz CT molecular complexity index is 1070. The van der Waals surface area contributed by atoms with E-state index >= 15 is 0 Å². The molecule has 3 N–H and O–H groups in total. The van der Waals surface area contributed by atoms with Gasteiger partial charge in [-0.3, -0.25) is 4.79 Å². The molecule has 2 fully saturated rings. The Kier molecular flexibility index (Phi) is 5.78. The Morgan fingerprint density at radius 3 is 2.55 bits per heavy atom. The van der Waals surface area contributed by atoms with E-state index in [4.69, 9.17) is 10.5 Å². The van der Waals surface area contributed by atoms with Gasteiger partial charge in [-0.2, -0.15) is 0 Å². The van der Waals surface area contributed by atoms with Crippen LogP contribution in [0, 0.1) is 5.82 Å². The summed E-state index contributed by atoms with van der Waals surface area (Å²) in [5.41, 5.74) is 8.99. The van der Waals surface area contributed by atoms with Crippen molar-refractivity contribution < 1.29 is 13.9 Å². The second-order valence-electron chi connectivity index (χ2n) is 9.65. The Morgan fingerprint density at radius 2 is 1.88 bits per heavy atom. The molecule has 8 heteroatoms. The highest BCUT2D eigenvalue weighted by Crippen LogP contribution is 2.32. The summed E-state index contributed by atoms with van der Waals surface area (Å²) < 4.78 is 20.3. The van der Waals surface area contributed by atoms with Gasteiger partial charge in [-0.25, -0.2) is 14.4 Å². The zero-order chi connectivity index (χ0) is 23.1. The van der Waals surface area contributed by atoms with E-state index in [1.54, 1.807) is 17.3 Å². The minimum Gasteiger partial charge on any atom is -0.489 e. The number of hydrogen-bond donors (Lipinski definition) is 2. The normalized spacial score (nSPS) is 24.6. The van der Waals surface area contributed by atoms with Crippen molar-refractivity contribution in [3.8, 4) is 5.75 Å². The molecule has 0 radical (unpaired) electrons. The number of carbonyl (C=O) groups excluding carboxylic acids is 1. The lowest BCUT2D eigenvalue weighted by Crippen LogP contribution is -2.42. The number of halogens is 1. The van der Waals surface area contributed by atoms with Crippen LogP contribution in [0.4, 0.5) is 4.39 Å². The maximum Gasteiger partial charge on any atom is 0.258 e. The Hall–Kier alpha value is -3.00. The van der Waals surface area contributed by atoms with E-state index < -0.39 is 5.82 Å². The molecule has 7 nitrogen and oxygen atoms in total. The van der Waals surface area contributed by atoms with Crippen LogP contribution in [0.25, 0.3) is 5.57 Å². The first-order valence-corrected chi connectivity index (χ1v) is 11.7. The van der Waals surface area contributed by atoms with Crippen LogP contribution in [0.1, 0.15) is 67.2 Å². The van der Waals surface area contributed by atoms with Crippen molar-refractivity contribution in [2.75, 3.05) is 13.1 Å². The summed E-state index contributed by atoms with van der Waals surface area (Å²) in [6.45, 7) is 4.75. The number of piperidine rings is 1. The van der Waals surface area contributed by atoms with Crippen LogP contribution in [0.3, 0.4) is 0 Å². The van der Waals surface area contributed by atoms with Crippen LogP contribution < -0.4 is 15.8 Å². The average Bonchev–Trinajstić information content (AvgIpc) is 3.35. The third-order valence-electron chi connectivity index (χ3n) is 6.89. The van der Waals surface area contributed by atoms with Crippen molar-refractivity contribution in [3.63, 3.8) is 0 Å². The molecule has 0 aliphatic carbocycles. The highest BCUT2D eigenvalue weighted by molar-refractivity contribution is 5.98. The van der Waals surface area contributed by atoms with Crippen LogP contribution in [-0.4, -0.2) is 52.1 Å². The Morgan fingerprint density at radius 1 is 1.18 bits per heavy atom. The summed E-state index contributed by atoms with van der Waals surface area (Å²) in [7, 11) is 0. The molecule has 3 aliphatic rings. The molecule has 0 saturated carbocycles. The fraction of sp³-hybridized carbons (Fsp3) is 0.480. The Labute approximate surface area is 193 Å². The van der Waals surface area contributed by atoms with Gasteiger partial charge in [0.2, 0.25) is 0 Å². The molecule has 33 heavy (non-hydrogen) atoms. The van der Waals surface area contributed by atoms with Gasteiger partial charge in [0.15, 0.2) is 5.82 Å². The fourth-order valence-corrected chi connectivity index (χ4v) is 5.02. The van der Waals surface area contributed by atoms with Crippen molar-refractivity contribution in [1.82, 2.24) is 20.2 Å². The van der Waals surface area contributed by atoms with Crippen LogP contribution in [-0.2, 0) is 0 Å². The third-order valence-corrected chi connectivity index (χ3v) is 6.89. The van der Waals surface area contributed by atoms with E-state index in [9.17, 15) is 9.18 Å². The van der Waals surface area contributed by atoms with Crippen molar-refractivity contribution in [1.29, 1.82) is 0 Å². The number of aromatic nitrogens is 2. The summed E-state index contributed by atoms with van der Waals surface area (Å²) in [6.07, 6.45) is 7.59.